The van der Waals surface area contributed by atoms with Crippen LogP contribution in [-0.2, 0) is 6.54 Å². The highest BCUT2D eigenvalue weighted by atomic mass is 32.1. The second-order valence-corrected chi connectivity index (χ2v) is 5.90. The molecule has 1 N–H and O–H groups in total. The normalized spacial score (nSPS) is 11.5. The molecule has 3 aromatic rings. The Morgan fingerprint density at radius 2 is 1.71 bits per heavy atom. The van der Waals surface area contributed by atoms with Crippen LogP contribution in [0.15, 0.2) is 76.3 Å². The van der Waals surface area contributed by atoms with Crippen LogP contribution in [0.1, 0.15) is 18.2 Å². The lowest BCUT2D eigenvalue weighted by molar-refractivity contribution is 0.430. The van der Waals surface area contributed by atoms with Gasteiger partial charge in [0.2, 0.25) is 0 Å². The van der Waals surface area contributed by atoms with Gasteiger partial charge in [0.25, 0.3) is 0 Å². The quantitative estimate of drug-likeness (QED) is 0.513. The average molecular weight is 335 g/mol. The summed E-state index contributed by atoms with van der Waals surface area (Å²) in [6.45, 7) is 2.42. The number of hydrogen-bond donors (Lipinski definition) is 1. The number of rotatable bonds is 4. The molecule has 3 rings (SSSR count). The Labute approximate surface area is 145 Å². The molecule has 0 aliphatic carbocycles. The highest BCUT2D eigenvalue weighted by Crippen LogP contribution is 2.20. The van der Waals surface area contributed by atoms with Gasteiger partial charge in [0.05, 0.1) is 16.8 Å². The van der Waals surface area contributed by atoms with E-state index < -0.39 is 0 Å². The van der Waals surface area contributed by atoms with Crippen LogP contribution in [0.4, 0.5) is 0 Å². The maximum Gasteiger partial charge on any atom is 0.169 e. The Morgan fingerprint density at radius 3 is 2.38 bits per heavy atom. The first-order valence-corrected chi connectivity index (χ1v) is 8.02. The molecule has 0 fully saturated rings. The van der Waals surface area contributed by atoms with E-state index in [4.69, 9.17) is 16.6 Å². The van der Waals surface area contributed by atoms with Gasteiger partial charge >= 0.3 is 0 Å². The maximum absolute atomic E-state index is 9.42. The van der Waals surface area contributed by atoms with E-state index in [0.29, 0.717) is 16.8 Å². The fourth-order valence-electron chi connectivity index (χ4n) is 2.32. The third kappa shape index (κ3) is 3.78. The first kappa shape index (κ1) is 16.1. The molecule has 0 radical (unpaired) electrons. The molecule has 0 saturated carbocycles. The second-order valence-electron chi connectivity index (χ2n) is 5.46. The lowest BCUT2D eigenvalue weighted by atomic mass is 10.0. The molecular formula is C20H17NO2S. The third-order valence-electron chi connectivity index (χ3n) is 3.73. The van der Waals surface area contributed by atoms with E-state index in [1.165, 1.54) is 17.4 Å². The lowest BCUT2D eigenvalue weighted by Crippen LogP contribution is -1.96. The van der Waals surface area contributed by atoms with Crippen molar-refractivity contribution in [1.29, 1.82) is 0 Å². The number of nitrogens with zero attached hydrogens (tertiary/aromatic N) is 1. The number of hydrogen-bond acceptors (Lipinski definition) is 4. The summed E-state index contributed by atoms with van der Waals surface area (Å²) in [4.78, 5) is 4.53. The van der Waals surface area contributed by atoms with Crippen molar-refractivity contribution in [3.8, 4) is 16.9 Å². The fraction of sp³-hybridized carbons (Fsp3) is 0.100. The van der Waals surface area contributed by atoms with E-state index in [2.05, 4.69) is 41.4 Å². The molecule has 0 unspecified atom stereocenters. The summed E-state index contributed by atoms with van der Waals surface area (Å²) in [5.74, 6) is 0.539. The van der Waals surface area contributed by atoms with Crippen LogP contribution in [0.5, 0.6) is 5.75 Å². The average Bonchev–Trinajstić information content (AvgIpc) is 2.63. The molecule has 1 aromatic heterocycles. The number of aliphatic imine (C=N–C) groups is 1. The number of aromatic hydroxyl groups is 1. The zero-order valence-electron chi connectivity index (χ0n) is 13.3. The minimum Gasteiger partial charge on any atom is -0.504 e. The molecule has 0 spiro atoms. The molecule has 0 atom stereocenters. The fourth-order valence-corrected chi connectivity index (χ4v) is 2.47. The van der Waals surface area contributed by atoms with E-state index in [9.17, 15) is 5.11 Å². The first-order valence-electron chi connectivity index (χ1n) is 7.61. The summed E-state index contributed by atoms with van der Waals surface area (Å²) >= 11 is 5.03. The molecule has 120 valence electrons. The molecule has 1 heterocycles. The van der Waals surface area contributed by atoms with E-state index >= 15 is 0 Å². The second kappa shape index (κ2) is 7.23. The molecule has 0 bridgehead atoms. The van der Waals surface area contributed by atoms with Gasteiger partial charge in [-0.1, -0.05) is 66.8 Å². The van der Waals surface area contributed by atoms with E-state index in [0.717, 1.165) is 11.3 Å². The summed E-state index contributed by atoms with van der Waals surface area (Å²) in [6, 6.07) is 20.2. The zero-order chi connectivity index (χ0) is 16.9. The molecule has 2 aromatic carbocycles. The van der Waals surface area contributed by atoms with Crippen molar-refractivity contribution in [2.24, 2.45) is 4.99 Å². The molecule has 0 aliphatic rings. The van der Waals surface area contributed by atoms with Gasteiger partial charge < -0.3 is 9.52 Å². The van der Waals surface area contributed by atoms with Gasteiger partial charge in [-0.2, -0.15) is 0 Å². The van der Waals surface area contributed by atoms with Crippen LogP contribution in [0, 0.1) is 4.51 Å². The predicted molar refractivity (Wildman–Crippen MR) is 99.0 cm³/mol. The predicted octanol–water partition coefficient (Wildman–Crippen LogP) is 5.39. The van der Waals surface area contributed by atoms with Crippen molar-refractivity contribution >= 4 is 17.9 Å². The van der Waals surface area contributed by atoms with Crippen LogP contribution in [0.25, 0.3) is 11.1 Å². The van der Waals surface area contributed by atoms with Crippen molar-refractivity contribution in [2.45, 2.75) is 13.5 Å². The maximum atomic E-state index is 9.42. The van der Waals surface area contributed by atoms with Crippen LogP contribution in [0.2, 0.25) is 0 Å². The van der Waals surface area contributed by atoms with Crippen LogP contribution >= 0.6 is 12.2 Å². The van der Waals surface area contributed by atoms with E-state index in [1.807, 2.05) is 25.1 Å². The highest BCUT2D eigenvalue weighted by Gasteiger charge is 2.03. The largest absolute Gasteiger partial charge is 0.504 e. The van der Waals surface area contributed by atoms with Gasteiger partial charge in [-0.05, 0) is 23.6 Å². The van der Waals surface area contributed by atoms with Gasteiger partial charge in [-0.3, -0.25) is 4.99 Å². The Hall–Kier alpha value is -2.72. The first-order chi connectivity index (χ1) is 11.6. The summed E-state index contributed by atoms with van der Waals surface area (Å²) in [5, 5.41) is 9.42. The van der Waals surface area contributed by atoms with Gasteiger partial charge in [0, 0.05) is 6.07 Å². The van der Waals surface area contributed by atoms with Crippen molar-refractivity contribution in [1.82, 2.24) is 0 Å². The van der Waals surface area contributed by atoms with E-state index in [1.54, 1.807) is 6.07 Å². The summed E-state index contributed by atoms with van der Waals surface area (Å²) < 4.78 is 5.68. The highest BCUT2D eigenvalue weighted by molar-refractivity contribution is 7.71. The van der Waals surface area contributed by atoms with Gasteiger partial charge in [0.15, 0.2) is 5.75 Å². The topological polar surface area (TPSA) is 45.7 Å². The minimum absolute atomic E-state index is 0.0296. The summed E-state index contributed by atoms with van der Waals surface area (Å²) in [6.07, 6.45) is 1.24. The van der Waals surface area contributed by atoms with Gasteiger partial charge in [-0.15, -0.1) is 0 Å². The smallest absolute Gasteiger partial charge is 0.169 e. The monoisotopic (exact) mass is 335 g/mol. The van der Waals surface area contributed by atoms with Gasteiger partial charge in [-0.25, -0.2) is 0 Å². The summed E-state index contributed by atoms with van der Waals surface area (Å²) in [5.41, 5.74) is 4.24. The lowest BCUT2D eigenvalue weighted by Gasteiger charge is -2.04. The van der Waals surface area contributed by atoms with Crippen molar-refractivity contribution in [2.75, 3.05) is 0 Å². The molecule has 0 saturated heterocycles. The van der Waals surface area contributed by atoms with Crippen molar-refractivity contribution < 1.29 is 9.52 Å². The van der Waals surface area contributed by atoms with Gasteiger partial charge in [0.1, 0.15) is 12.0 Å². The van der Waals surface area contributed by atoms with Crippen LogP contribution in [-0.4, -0.2) is 10.8 Å². The van der Waals surface area contributed by atoms with E-state index in [-0.39, 0.29) is 5.75 Å². The minimum atomic E-state index is -0.0296. The Morgan fingerprint density at radius 1 is 1.04 bits per heavy atom. The molecular weight excluding hydrogens is 318 g/mol. The molecule has 24 heavy (non-hydrogen) atoms. The Balaban J connectivity index is 1.74. The SMILES string of the molecule is CC(=NCc1ccc(-c2ccccc2)cc1)c1cc(=S)c(O)co1. The summed E-state index contributed by atoms with van der Waals surface area (Å²) in [7, 11) is 0. The van der Waals surface area contributed by atoms with Crippen LogP contribution in [0.3, 0.4) is 0 Å². The van der Waals surface area contributed by atoms with Crippen LogP contribution < -0.4 is 0 Å². The van der Waals surface area contributed by atoms with Crippen molar-refractivity contribution in [3.63, 3.8) is 0 Å². The Bertz CT molecular complexity index is 912. The molecule has 4 heteroatoms. The zero-order valence-corrected chi connectivity index (χ0v) is 14.1. The molecule has 0 amide bonds. The number of benzene rings is 2. The Kier molecular flexibility index (Phi) is 4.87. The van der Waals surface area contributed by atoms with Crippen molar-refractivity contribution in [3.05, 3.63) is 82.8 Å². The molecule has 3 nitrogen and oxygen atoms in total. The standard InChI is InChI=1S/C20H17NO2S/c1-14(19-11-20(24)18(22)13-23-19)21-12-15-7-9-17(10-8-15)16-5-3-2-4-6-16/h2-11,13,22H,12H2,1H3. The third-order valence-corrected chi connectivity index (χ3v) is 4.06. The molecule has 0 aliphatic heterocycles.